The molecule has 7 rings (SSSR count). The van der Waals surface area contributed by atoms with Gasteiger partial charge in [-0.15, -0.1) is 5.10 Å². The number of anilines is 2. The maximum atomic E-state index is 9.82. The average Bonchev–Trinajstić information content (AvgIpc) is 3.30. The van der Waals surface area contributed by atoms with Crippen LogP contribution in [0.25, 0.3) is 10.9 Å². The minimum absolute atomic E-state index is 0.0193. The van der Waals surface area contributed by atoms with Crippen molar-refractivity contribution in [3.63, 3.8) is 0 Å². The molecule has 0 unspecified atom stereocenters. The van der Waals surface area contributed by atoms with Gasteiger partial charge in [0.15, 0.2) is 0 Å². The number of benzene rings is 2. The van der Waals surface area contributed by atoms with Crippen LogP contribution in [0.5, 0.6) is 0 Å². The summed E-state index contributed by atoms with van der Waals surface area (Å²) in [5.41, 5.74) is 3.22. The van der Waals surface area contributed by atoms with E-state index < -0.39 is 6.02 Å². The van der Waals surface area contributed by atoms with Crippen molar-refractivity contribution in [1.82, 2.24) is 20.0 Å². The Hall–Kier alpha value is -3.34. The summed E-state index contributed by atoms with van der Waals surface area (Å²) in [6, 6.07) is 11.5. The number of rotatable bonds is 7. The van der Waals surface area contributed by atoms with Gasteiger partial charge in [-0.25, -0.2) is 4.68 Å². The second-order valence-electron chi connectivity index (χ2n) is 11.7. The molecular formula is C29H29Cl2N7. The summed E-state index contributed by atoms with van der Waals surface area (Å²) in [5, 5.41) is 27.0. The number of hydrogen-bond acceptors (Lipinski definition) is 6. The zero-order valence-corrected chi connectivity index (χ0v) is 23.0. The van der Waals surface area contributed by atoms with Gasteiger partial charge in [-0.2, -0.15) is 5.26 Å². The Kier molecular flexibility index (Phi) is 5.72. The molecule has 0 radical (unpaired) electrons. The molecule has 3 fully saturated rings. The van der Waals surface area contributed by atoms with Crippen molar-refractivity contribution in [2.75, 3.05) is 17.2 Å². The highest BCUT2D eigenvalue weighted by Gasteiger charge is 2.58. The molecule has 38 heavy (non-hydrogen) atoms. The maximum absolute atomic E-state index is 9.82. The molecule has 0 aliphatic heterocycles. The lowest BCUT2D eigenvalue weighted by Crippen LogP contribution is -2.59. The summed E-state index contributed by atoms with van der Waals surface area (Å²) in [4.78, 5) is 4.46. The molecule has 1 atom stereocenters. The minimum atomic E-state index is -1.56. The molecule has 2 N–H and O–H groups in total. The van der Waals surface area contributed by atoms with Gasteiger partial charge in [-0.3, -0.25) is 4.98 Å². The highest BCUT2D eigenvalue weighted by Crippen LogP contribution is 2.62. The average molecular weight is 548 g/mol. The van der Waals surface area contributed by atoms with Crippen molar-refractivity contribution in [3.8, 4) is 6.07 Å². The van der Waals surface area contributed by atoms with Crippen molar-refractivity contribution >= 4 is 45.5 Å². The van der Waals surface area contributed by atoms with Crippen LogP contribution in [0.1, 0.15) is 64.2 Å². The Labute approximate surface area is 233 Å². The number of nitrogens with zero attached hydrogens (tertiary/aromatic N) is 5. The van der Waals surface area contributed by atoms with Crippen molar-refractivity contribution in [1.29, 1.82) is 5.26 Å². The number of nitriles is 1. The summed E-state index contributed by atoms with van der Waals surface area (Å²) in [6.07, 6.45) is 6.73. The van der Waals surface area contributed by atoms with E-state index in [-0.39, 0.29) is 11.0 Å². The third-order valence-electron chi connectivity index (χ3n) is 7.49. The first kappa shape index (κ1) is 23.8. The van der Waals surface area contributed by atoms with E-state index in [1.807, 2.05) is 35.1 Å². The second kappa shape index (κ2) is 9.14. The number of fused-ring (bicyclic) bond motifs is 1. The zero-order chi connectivity index (χ0) is 27.6. The summed E-state index contributed by atoms with van der Waals surface area (Å²) < 4.78 is 11.6. The van der Waals surface area contributed by atoms with Crippen molar-refractivity contribution in [2.24, 2.45) is 11.3 Å². The Bertz CT molecular complexity index is 1620. The van der Waals surface area contributed by atoms with Gasteiger partial charge in [0, 0.05) is 28.8 Å². The van der Waals surface area contributed by atoms with Gasteiger partial charge in [-0.1, -0.05) is 67.4 Å². The summed E-state index contributed by atoms with van der Waals surface area (Å²) in [7, 11) is 0. The first-order valence-corrected chi connectivity index (χ1v) is 13.5. The van der Waals surface area contributed by atoms with Crippen LogP contribution in [0.15, 0.2) is 48.8 Å². The summed E-state index contributed by atoms with van der Waals surface area (Å²) in [5.74, 6) is 0.785. The lowest BCUT2D eigenvalue weighted by atomic mass is 9.50. The third-order valence-corrected chi connectivity index (χ3v) is 8.11. The van der Waals surface area contributed by atoms with Crippen LogP contribution in [0.2, 0.25) is 10.0 Å². The van der Waals surface area contributed by atoms with E-state index in [0.717, 1.165) is 25.2 Å². The normalized spacial score (nSPS) is 22.0. The van der Waals surface area contributed by atoms with Crippen LogP contribution in [-0.2, 0) is 5.54 Å². The largest absolute Gasteiger partial charge is 0.383 e. The Morgan fingerprint density at radius 1 is 1.21 bits per heavy atom. The van der Waals surface area contributed by atoms with E-state index in [1.165, 1.54) is 6.20 Å². The Morgan fingerprint density at radius 2 is 1.97 bits per heavy atom. The predicted molar refractivity (Wildman–Crippen MR) is 152 cm³/mol. The minimum Gasteiger partial charge on any atom is -0.383 e. The second-order valence-corrected chi connectivity index (χ2v) is 12.5. The Morgan fingerprint density at radius 3 is 2.63 bits per heavy atom. The van der Waals surface area contributed by atoms with Gasteiger partial charge >= 0.3 is 0 Å². The lowest BCUT2D eigenvalue weighted by Gasteiger charge is -2.61. The fraction of sp³-hybridized carbons (Fsp3) is 0.379. The number of halogens is 2. The van der Waals surface area contributed by atoms with E-state index in [1.54, 1.807) is 12.1 Å². The molecule has 194 valence electrons. The molecule has 2 aromatic carbocycles. The zero-order valence-electron chi connectivity index (χ0n) is 22.5. The number of pyridine rings is 1. The van der Waals surface area contributed by atoms with Crippen LogP contribution in [-0.4, -0.2) is 26.5 Å². The van der Waals surface area contributed by atoms with Gasteiger partial charge in [0.05, 0.1) is 40.9 Å². The van der Waals surface area contributed by atoms with E-state index >= 15 is 0 Å². The number of aromatic nitrogens is 4. The van der Waals surface area contributed by atoms with E-state index in [9.17, 15) is 6.63 Å². The van der Waals surface area contributed by atoms with Crippen LogP contribution in [0.3, 0.4) is 0 Å². The van der Waals surface area contributed by atoms with E-state index in [4.69, 9.17) is 23.2 Å². The molecule has 2 aromatic heterocycles. The molecule has 7 nitrogen and oxygen atoms in total. The topological polar surface area (TPSA) is 91.5 Å². The first-order chi connectivity index (χ1) is 18.5. The van der Waals surface area contributed by atoms with Crippen molar-refractivity contribution in [3.05, 3.63) is 75.7 Å². The third kappa shape index (κ3) is 4.36. The molecule has 0 spiro atoms. The van der Waals surface area contributed by atoms with Gasteiger partial charge < -0.3 is 10.6 Å². The predicted octanol–water partition coefficient (Wildman–Crippen LogP) is 7.17. The van der Waals surface area contributed by atoms with Gasteiger partial charge in [0.2, 0.25) is 0 Å². The van der Waals surface area contributed by atoms with Crippen molar-refractivity contribution in [2.45, 2.75) is 51.6 Å². The molecule has 3 aliphatic carbocycles. The fourth-order valence-electron chi connectivity index (χ4n) is 5.36. The standard InChI is InChI=1S/C29H29Cl2N7/c1-28(2,3)16-34-25-18(13-32)14-33-26-21(25)8-19(9-23(26)31)35-27(20-6-4-5-7-22(20)30)24-15-38(37-36-24)29-10-17(11-29)12-29/h4-9,14-15,17,27,35H,10-12,16H2,1-3H3,(H,33,34)/t17?,27-,29?/m0/s1/i27D. The smallest absolute Gasteiger partial charge is 0.110 e. The molecule has 9 heteroatoms. The Balaban J connectivity index is 1.46. The molecular weight excluding hydrogens is 517 g/mol. The van der Waals surface area contributed by atoms with Gasteiger partial charge in [0.25, 0.3) is 0 Å². The van der Waals surface area contributed by atoms with E-state index in [2.05, 4.69) is 52.8 Å². The van der Waals surface area contributed by atoms with Crippen LogP contribution in [0, 0.1) is 22.7 Å². The molecule has 2 heterocycles. The summed E-state index contributed by atoms with van der Waals surface area (Å²) >= 11 is 13.4. The lowest BCUT2D eigenvalue weighted by molar-refractivity contribution is -0.0989. The molecule has 0 saturated heterocycles. The van der Waals surface area contributed by atoms with Crippen LogP contribution < -0.4 is 10.6 Å². The molecule has 3 saturated carbocycles. The van der Waals surface area contributed by atoms with Crippen LogP contribution >= 0.6 is 23.2 Å². The van der Waals surface area contributed by atoms with Gasteiger partial charge in [0.1, 0.15) is 11.8 Å². The summed E-state index contributed by atoms with van der Waals surface area (Å²) in [6.45, 7) is 7.00. The van der Waals surface area contributed by atoms with E-state index in [0.29, 0.717) is 55.7 Å². The molecule has 4 aromatic rings. The molecule has 0 amide bonds. The highest BCUT2D eigenvalue weighted by molar-refractivity contribution is 6.36. The molecule has 2 bridgehead atoms. The number of nitrogens with one attached hydrogen (secondary N) is 2. The van der Waals surface area contributed by atoms with Gasteiger partial charge in [-0.05, 0) is 54.4 Å². The SMILES string of the molecule is [2H][C@@](Nc1cc(Cl)c2ncc(C#N)c(NCC(C)(C)C)c2c1)(c1cn(C23CC(C2)C3)nn1)c1ccccc1Cl. The fourth-order valence-corrected chi connectivity index (χ4v) is 5.86. The highest BCUT2D eigenvalue weighted by atomic mass is 35.5. The number of hydrogen-bond donors (Lipinski definition) is 2. The first-order valence-electron chi connectivity index (χ1n) is 13.2. The monoisotopic (exact) mass is 546 g/mol. The van der Waals surface area contributed by atoms with Crippen molar-refractivity contribution < 1.29 is 1.37 Å². The quantitative estimate of drug-likeness (QED) is 0.255. The molecule has 3 aliphatic rings. The maximum Gasteiger partial charge on any atom is 0.110 e. The van der Waals surface area contributed by atoms with Crippen LogP contribution in [0.4, 0.5) is 11.4 Å².